The maximum absolute atomic E-state index is 12.7. The molecule has 0 bridgehead atoms. The van der Waals surface area contributed by atoms with E-state index in [1.165, 1.54) is 22.5 Å². The highest BCUT2D eigenvalue weighted by Gasteiger charge is 2.17. The second-order valence-electron chi connectivity index (χ2n) is 8.22. The Hall–Kier alpha value is -2.19. The van der Waals surface area contributed by atoms with Crippen LogP contribution >= 0.6 is 23.1 Å². The quantitative estimate of drug-likeness (QED) is 0.359. The second-order valence-corrected chi connectivity index (χ2v) is 9.99. The molecule has 1 amide bonds. The van der Waals surface area contributed by atoms with Gasteiger partial charge in [0, 0.05) is 25.1 Å². The lowest BCUT2D eigenvalue weighted by atomic mass is 10.1. The minimum Gasteiger partial charge on any atom is -0.351 e. The number of aromatic nitrogens is 4. The van der Waals surface area contributed by atoms with Crippen LogP contribution in [-0.4, -0.2) is 38.5 Å². The number of carbonyl (C=O) groups excluding carboxylic acids is 1. The van der Waals surface area contributed by atoms with E-state index in [0.29, 0.717) is 17.3 Å². The standard InChI is InChI=1S/C23H31N5OS2/c1-14(2)13-28-19(26-27-23(28)30-6)8-7-11-24-21(29)20-17(5)25-22(31-20)18-10-9-15(3)12-16(18)4/h9-10,12,14H,7-8,11,13H2,1-6H3,(H,24,29). The number of hydrogen-bond acceptors (Lipinski definition) is 6. The highest BCUT2D eigenvalue weighted by atomic mass is 32.2. The molecule has 6 nitrogen and oxygen atoms in total. The fourth-order valence-corrected chi connectivity index (χ4v) is 5.10. The summed E-state index contributed by atoms with van der Waals surface area (Å²) in [5.74, 6) is 1.46. The van der Waals surface area contributed by atoms with E-state index < -0.39 is 0 Å². The zero-order chi connectivity index (χ0) is 22.5. The maximum atomic E-state index is 12.7. The van der Waals surface area contributed by atoms with Crippen LogP contribution in [0.25, 0.3) is 10.6 Å². The Kier molecular flexibility index (Phi) is 7.89. The Morgan fingerprint density at radius 1 is 1.23 bits per heavy atom. The third-order valence-corrected chi connectivity index (χ3v) is 6.86. The average molecular weight is 458 g/mol. The van der Waals surface area contributed by atoms with Gasteiger partial charge in [-0.05, 0) is 44.9 Å². The molecule has 166 valence electrons. The Morgan fingerprint density at radius 3 is 2.68 bits per heavy atom. The first-order valence-corrected chi connectivity index (χ1v) is 12.6. The molecular formula is C23H31N5OS2. The van der Waals surface area contributed by atoms with E-state index >= 15 is 0 Å². The number of thioether (sulfide) groups is 1. The lowest BCUT2D eigenvalue weighted by Crippen LogP contribution is -2.25. The number of rotatable bonds is 9. The van der Waals surface area contributed by atoms with Crippen molar-refractivity contribution in [1.29, 1.82) is 0 Å². The molecule has 3 aromatic rings. The van der Waals surface area contributed by atoms with Crippen molar-refractivity contribution in [3.05, 3.63) is 45.7 Å². The van der Waals surface area contributed by atoms with Crippen LogP contribution < -0.4 is 5.32 Å². The lowest BCUT2D eigenvalue weighted by molar-refractivity contribution is 0.0956. The van der Waals surface area contributed by atoms with Crippen LogP contribution in [0.4, 0.5) is 0 Å². The van der Waals surface area contributed by atoms with Crippen LogP contribution in [0.2, 0.25) is 0 Å². The molecule has 0 unspecified atom stereocenters. The maximum Gasteiger partial charge on any atom is 0.263 e. The predicted octanol–water partition coefficient (Wildman–Crippen LogP) is 5.07. The van der Waals surface area contributed by atoms with E-state index in [-0.39, 0.29) is 5.91 Å². The van der Waals surface area contributed by atoms with Gasteiger partial charge in [0.1, 0.15) is 15.7 Å². The molecule has 1 N–H and O–H groups in total. The molecule has 1 aromatic carbocycles. The van der Waals surface area contributed by atoms with Gasteiger partial charge in [-0.15, -0.1) is 21.5 Å². The SMILES string of the molecule is CSc1nnc(CCCNC(=O)c2sc(-c3ccc(C)cc3C)nc2C)n1CC(C)C. The smallest absolute Gasteiger partial charge is 0.263 e. The van der Waals surface area contributed by atoms with Crippen molar-refractivity contribution < 1.29 is 4.79 Å². The molecule has 0 radical (unpaired) electrons. The number of hydrogen-bond donors (Lipinski definition) is 1. The molecule has 0 atom stereocenters. The molecular weight excluding hydrogens is 426 g/mol. The van der Waals surface area contributed by atoms with Gasteiger partial charge < -0.3 is 9.88 Å². The number of thiazole rings is 1. The van der Waals surface area contributed by atoms with E-state index in [4.69, 9.17) is 0 Å². The monoisotopic (exact) mass is 457 g/mol. The third-order valence-electron chi connectivity index (χ3n) is 5.00. The number of benzene rings is 1. The number of carbonyl (C=O) groups is 1. The van der Waals surface area contributed by atoms with Crippen LogP contribution in [-0.2, 0) is 13.0 Å². The zero-order valence-electron chi connectivity index (χ0n) is 19.2. The summed E-state index contributed by atoms with van der Waals surface area (Å²) in [4.78, 5) is 18.1. The van der Waals surface area contributed by atoms with Crippen LogP contribution in [0.1, 0.15) is 52.6 Å². The zero-order valence-corrected chi connectivity index (χ0v) is 20.8. The topological polar surface area (TPSA) is 72.7 Å². The number of amides is 1. The number of aryl methyl sites for hydroxylation is 4. The molecule has 0 aliphatic rings. The fraction of sp³-hybridized carbons (Fsp3) is 0.478. The molecule has 0 aliphatic heterocycles. The number of nitrogens with one attached hydrogen (secondary N) is 1. The van der Waals surface area contributed by atoms with Crippen LogP contribution in [0.15, 0.2) is 23.4 Å². The van der Waals surface area contributed by atoms with Gasteiger partial charge in [-0.25, -0.2) is 4.98 Å². The van der Waals surface area contributed by atoms with E-state index in [1.807, 2.05) is 13.2 Å². The van der Waals surface area contributed by atoms with Crippen LogP contribution in [0, 0.1) is 26.7 Å². The van der Waals surface area contributed by atoms with Gasteiger partial charge in [0.2, 0.25) is 0 Å². The molecule has 0 spiro atoms. The van der Waals surface area contributed by atoms with Crippen molar-refractivity contribution in [3.8, 4) is 10.6 Å². The predicted molar refractivity (Wildman–Crippen MR) is 129 cm³/mol. The first-order chi connectivity index (χ1) is 14.8. The van der Waals surface area contributed by atoms with Crippen LogP contribution in [0.3, 0.4) is 0 Å². The molecule has 8 heteroatoms. The summed E-state index contributed by atoms with van der Waals surface area (Å²) >= 11 is 3.08. The van der Waals surface area contributed by atoms with Crippen molar-refractivity contribution >= 4 is 29.0 Å². The van der Waals surface area contributed by atoms with E-state index in [0.717, 1.165) is 46.6 Å². The molecule has 3 rings (SSSR count). The van der Waals surface area contributed by atoms with Gasteiger partial charge in [0.15, 0.2) is 5.16 Å². The van der Waals surface area contributed by atoms with Crippen molar-refractivity contribution in [1.82, 2.24) is 25.1 Å². The Labute approximate surface area is 192 Å². The molecule has 0 saturated heterocycles. The largest absolute Gasteiger partial charge is 0.351 e. The minimum absolute atomic E-state index is 0.0561. The second kappa shape index (κ2) is 10.4. The van der Waals surface area contributed by atoms with E-state index in [9.17, 15) is 4.79 Å². The molecule has 2 aromatic heterocycles. The molecule has 0 aliphatic carbocycles. The van der Waals surface area contributed by atoms with Gasteiger partial charge in [-0.3, -0.25) is 4.79 Å². The van der Waals surface area contributed by atoms with Gasteiger partial charge in [0.05, 0.1) is 5.69 Å². The van der Waals surface area contributed by atoms with Crippen molar-refractivity contribution in [2.45, 2.75) is 59.2 Å². The average Bonchev–Trinajstić information content (AvgIpc) is 3.27. The first kappa shape index (κ1) is 23.5. The van der Waals surface area contributed by atoms with E-state index in [2.05, 4.69) is 71.0 Å². The fourth-order valence-electron chi connectivity index (χ4n) is 3.51. The summed E-state index contributed by atoms with van der Waals surface area (Å²) in [5.41, 5.74) is 4.27. The normalized spacial score (nSPS) is 11.3. The van der Waals surface area contributed by atoms with Crippen molar-refractivity contribution in [3.63, 3.8) is 0 Å². The molecule has 31 heavy (non-hydrogen) atoms. The summed E-state index contributed by atoms with van der Waals surface area (Å²) in [6, 6.07) is 6.31. The summed E-state index contributed by atoms with van der Waals surface area (Å²) in [6.07, 6.45) is 3.63. The highest BCUT2D eigenvalue weighted by Crippen LogP contribution is 2.30. The van der Waals surface area contributed by atoms with Gasteiger partial charge >= 0.3 is 0 Å². The summed E-state index contributed by atoms with van der Waals surface area (Å²) in [7, 11) is 0. The molecule has 0 saturated carbocycles. The van der Waals surface area contributed by atoms with Gasteiger partial charge in [-0.1, -0.05) is 49.4 Å². The van der Waals surface area contributed by atoms with Crippen LogP contribution in [0.5, 0.6) is 0 Å². The molecule has 0 fully saturated rings. The summed E-state index contributed by atoms with van der Waals surface area (Å²) in [5, 5.41) is 13.5. The summed E-state index contributed by atoms with van der Waals surface area (Å²) in [6.45, 7) is 12.0. The minimum atomic E-state index is -0.0561. The highest BCUT2D eigenvalue weighted by molar-refractivity contribution is 7.98. The van der Waals surface area contributed by atoms with Gasteiger partial charge in [-0.2, -0.15) is 0 Å². The van der Waals surface area contributed by atoms with E-state index in [1.54, 1.807) is 11.8 Å². The van der Waals surface area contributed by atoms with Crippen molar-refractivity contribution in [2.24, 2.45) is 5.92 Å². The Bertz CT molecular complexity index is 1050. The van der Waals surface area contributed by atoms with Crippen molar-refractivity contribution in [2.75, 3.05) is 12.8 Å². The Morgan fingerprint density at radius 2 is 2.00 bits per heavy atom. The van der Waals surface area contributed by atoms with Gasteiger partial charge in [0.25, 0.3) is 5.91 Å². The number of nitrogens with zero attached hydrogens (tertiary/aromatic N) is 4. The molecule has 2 heterocycles. The lowest BCUT2D eigenvalue weighted by Gasteiger charge is -2.11. The summed E-state index contributed by atoms with van der Waals surface area (Å²) < 4.78 is 2.20. The first-order valence-electron chi connectivity index (χ1n) is 10.6. The Balaban J connectivity index is 1.60. The third kappa shape index (κ3) is 5.74.